The van der Waals surface area contributed by atoms with Crippen molar-refractivity contribution < 1.29 is 9.47 Å². The Morgan fingerprint density at radius 3 is 2.89 bits per heavy atom. The smallest absolute Gasteiger partial charge is 0.149 e. The number of halogens is 1. The van der Waals surface area contributed by atoms with Crippen LogP contribution in [0.25, 0.3) is 0 Å². The Hall–Kier alpha value is -1.02. The van der Waals surface area contributed by atoms with Gasteiger partial charge in [0.15, 0.2) is 0 Å². The normalized spacial score (nSPS) is 9.72. The number of ether oxygens (including phenoxy) is 2. The molecule has 0 aliphatic carbocycles. The van der Waals surface area contributed by atoms with Crippen LogP contribution >= 0.6 is 15.9 Å². The van der Waals surface area contributed by atoms with E-state index in [1.165, 1.54) is 5.56 Å². The van der Waals surface area contributed by atoms with E-state index in [0.29, 0.717) is 6.61 Å². The minimum atomic E-state index is 0.417. The molecule has 0 heterocycles. The molecule has 0 saturated heterocycles. The lowest BCUT2D eigenvalue weighted by molar-refractivity contribution is 0.199. The molecule has 0 aromatic heterocycles. The third kappa shape index (κ3) is 5.54. The van der Waals surface area contributed by atoms with Crippen molar-refractivity contribution in [3.63, 3.8) is 0 Å². The molecule has 0 fully saturated rings. The summed E-state index contributed by atoms with van der Waals surface area (Å²) < 4.78 is 11.4. The van der Waals surface area contributed by atoms with Gasteiger partial charge in [0, 0.05) is 20.2 Å². The van der Waals surface area contributed by atoms with E-state index >= 15 is 0 Å². The van der Waals surface area contributed by atoms with Crippen molar-refractivity contribution >= 4 is 15.9 Å². The topological polar surface area (TPSA) is 30.5 Å². The quantitative estimate of drug-likeness (QED) is 0.620. The zero-order chi connectivity index (χ0) is 13.2. The Balaban J connectivity index is 2.47. The zero-order valence-corrected chi connectivity index (χ0v) is 12.3. The predicted molar refractivity (Wildman–Crippen MR) is 76.7 cm³/mol. The van der Waals surface area contributed by atoms with E-state index < -0.39 is 0 Å². The van der Waals surface area contributed by atoms with Gasteiger partial charge in [0.2, 0.25) is 0 Å². The second-order valence-corrected chi connectivity index (χ2v) is 4.50. The Kier molecular flexibility index (Phi) is 7.51. The highest BCUT2D eigenvalue weighted by Gasteiger charge is 2.02. The lowest BCUT2D eigenvalue weighted by Crippen LogP contribution is -2.18. The molecule has 0 radical (unpaired) electrons. The number of rotatable bonds is 7. The van der Waals surface area contributed by atoms with Crippen LogP contribution in [-0.4, -0.2) is 26.9 Å². The fourth-order valence-electron chi connectivity index (χ4n) is 1.36. The molecular weight excluding hydrogens is 294 g/mol. The number of nitrogens with one attached hydrogen (secondary N) is 1. The molecule has 0 saturated carbocycles. The molecule has 4 heteroatoms. The maximum atomic E-state index is 5.51. The second kappa shape index (κ2) is 8.98. The van der Waals surface area contributed by atoms with Crippen molar-refractivity contribution in [1.29, 1.82) is 0 Å². The number of benzene rings is 1. The Labute approximate surface area is 117 Å². The molecule has 0 spiro atoms. The zero-order valence-electron chi connectivity index (χ0n) is 10.8. The van der Waals surface area contributed by atoms with Crippen LogP contribution in [0.1, 0.15) is 12.5 Å². The molecule has 0 unspecified atom stereocenters. The van der Waals surface area contributed by atoms with Crippen molar-refractivity contribution in [2.24, 2.45) is 0 Å². The van der Waals surface area contributed by atoms with Crippen LogP contribution < -0.4 is 10.1 Å². The van der Waals surface area contributed by atoms with Gasteiger partial charge >= 0.3 is 0 Å². The molecule has 0 amide bonds. The first kappa shape index (κ1) is 15.0. The molecule has 3 nitrogen and oxygen atoms in total. The third-order valence-corrected chi connectivity index (χ3v) is 2.90. The van der Waals surface area contributed by atoms with E-state index in [1.807, 2.05) is 12.1 Å². The summed E-state index contributed by atoms with van der Waals surface area (Å²) >= 11 is 3.50. The van der Waals surface area contributed by atoms with Gasteiger partial charge in [0.1, 0.15) is 12.4 Å². The van der Waals surface area contributed by atoms with E-state index in [2.05, 4.69) is 39.2 Å². The molecule has 0 aliphatic heterocycles. The standard InChI is InChI=1S/C14H18BrNO2/c1-3-4-8-18-14-6-5-12(10-13(14)15)11-16-7-9-17-2/h5-6,10,16H,7-9,11H2,1-2H3. The largest absolute Gasteiger partial charge is 0.480 e. The van der Waals surface area contributed by atoms with Crippen LogP contribution in [0.4, 0.5) is 0 Å². The van der Waals surface area contributed by atoms with Crippen LogP contribution in [0.15, 0.2) is 22.7 Å². The van der Waals surface area contributed by atoms with Crippen LogP contribution in [0, 0.1) is 11.8 Å². The average molecular weight is 312 g/mol. The fraction of sp³-hybridized carbons (Fsp3) is 0.429. The van der Waals surface area contributed by atoms with Gasteiger partial charge in [-0.2, -0.15) is 0 Å². The van der Waals surface area contributed by atoms with Gasteiger partial charge in [-0.3, -0.25) is 0 Å². The summed E-state index contributed by atoms with van der Waals surface area (Å²) in [5.74, 6) is 6.48. The molecule has 0 bridgehead atoms. The van der Waals surface area contributed by atoms with Gasteiger partial charge in [0.25, 0.3) is 0 Å². The van der Waals surface area contributed by atoms with E-state index in [9.17, 15) is 0 Å². The highest BCUT2D eigenvalue weighted by atomic mass is 79.9. The molecule has 1 rings (SSSR count). The first-order valence-corrected chi connectivity index (χ1v) is 6.57. The minimum absolute atomic E-state index is 0.417. The summed E-state index contributed by atoms with van der Waals surface area (Å²) in [4.78, 5) is 0. The van der Waals surface area contributed by atoms with Crippen molar-refractivity contribution in [1.82, 2.24) is 5.32 Å². The Morgan fingerprint density at radius 2 is 2.22 bits per heavy atom. The van der Waals surface area contributed by atoms with E-state index in [4.69, 9.17) is 9.47 Å². The van der Waals surface area contributed by atoms with Crippen molar-refractivity contribution in [2.75, 3.05) is 26.9 Å². The van der Waals surface area contributed by atoms with Crippen molar-refractivity contribution in [3.8, 4) is 17.6 Å². The van der Waals surface area contributed by atoms with Crippen LogP contribution in [0.5, 0.6) is 5.75 Å². The number of hydrogen-bond acceptors (Lipinski definition) is 3. The first-order chi connectivity index (χ1) is 8.77. The molecule has 0 atom stereocenters. The summed E-state index contributed by atoms with van der Waals surface area (Å²) in [6.07, 6.45) is 0. The SMILES string of the molecule is CC#CCOc1ccc(CNCCOC)cc1Br. The molecule has 18 heavy (non-hydrogen) atoms. The van der Waals surface area contributed by atoms with E-state index in [1.54, 1.807) is 14.0 Å². The number of hydrogen-bond donors (Lipinski definition) is 1. The first-order valence-electron chi connectivity index (χ1n) is 5.78. The lowest BCUT2D eigenvalue weighted by atomic mass is 10.2. The predicted octanol–water partition coefficient (Wildman–Crippen LogP) is 2.59. The minimum Gasteiger partial charge on any atom is -0.480 e. The van der Waals surface area contributed by atoms with Gasteiger partial charge in [-0.25, -0.2) is 0 Å². The molecule has 1 aromatic rings. The van der Waals surface area contributed by atoms with Crippen LogP contribution in [0.3, 0.4) is 0 Å². The summed E-state index contributed by atoms with van der Waals surface area (Å²) in [7, 11) is 1.70. The summed E-state index contributed by atoms with van der Waals surface area (Å²) in [5.41, 5.74) is 1.20. The lowest BCUT2D eigenvalue weighted by Gasteiger charge is -2.08. The summed E-state index contributed by atoms with van der Waals surface area (Å²) in [6, 6.07) is 6.04. The molecule has 1 N–H and O–H groups in total. The molecular formula is C14H18BrNO2. The van der Waals surface area contributed by atoms with Crippen LogP contribution in [-0.2, 0) is 11.3 Å². The highest BCUT2D eigenvalue weighted by molar-refractivity contribution is 9.10. The average Bonchev–Trinajstić information content (AvgIpc) is 2.37. The van der Waals surface area contributed by atoms with Gasteiger partial charge in [-0.05, 0) is 40.5 Å². The fourth-order valence-corrected chi connectivity index (χ4v) is 1.90. The van der Waals surface area contributed by atoms with Crippen LogP contribution in [0.2, 0.25) is 0 Å². The van der Waals surface area contributed by atoms with Gasteiger partial charge in [-0.15, -0.1) is 5.92 Å². The molecule has 1 aromatic carbocycles. The second-order valence-electron chi connectivity index (χ2n) is 3.65. The van der Waals surface area contributed by atoms with Crippen molar-refractivity contribution in [3.05, 3.63) is 28.2 Å². The Bertz CT molecular complexity index is 424. The highest BCUT2D eigenvalue weighted by Crippen LogP contribution is 2.25. The van der Waals surface area contributed by atoms with Gasteiger partial charge in [-0.1, -0.05) is 12.0 Å². The summed E-state index contributed by atoms with van der Waals surface area (Å²) in [5, 5.41) is 3.29. The molecule has 98 valence electrons. The summed E-state index contributed by atoms with van der Waals surface area (Å²) in [6.45, 7) is 4.60. The number of methoxy groups -OCH3 is 1. The Morgan fingerprint density at radius 1 is 1.39 bits per heavy atom. The van der Waals surface area contributed by atoms with E-state index in [-0.39, 0.29) is 0 Å². The maximum absolute atomic E-state index is 5.51. The monoisotopic (exact) mass is 311 g/mol. The third-order valence-electron chi connectivity index (χ3n) is 2.28. The van der Waals surface area contributed by atoms with Crippen molar-refractivity contribution in [2.45, 2.75) is 13.5 Å². The maximum Gasteiger partial charge on any atom is 0.149 e. The van der Waals surface area contributed by atoms with Gasteiger partial charge < -0.3 is 14.8 Å². The molecule has 0 aliphatic rings. The van der Waals surface area contributed by atoms with Gasteiger partial charge in [0.05, 0.1) is 11.1 Å². The van der Waals surface area contributed by atoms with E-state index in [0.717, 1.165) is 29.9 Å².